The quantitative estimate of drug-likeness (QED) is 0.807. The SMILES string of the molecule is CC(C)CCCCCn1cc(Br)c(N)n1. The summed E-state index contributed by atoms with van der Waals surface area (Å²) < 4.78 is 2.80. The Morgan fingerprint density at radius 3 is 2.67 bits per heavy atom. The number of rotatable bonds is 6. The van der Waals surface area contributed by atoms with Crippen molar-refractivity contribution >= 4 is 21.7 Å². The Hall–Kier alpha value is -0.510. The van der Waals surface area contributed by atoms with Gasteiger partial charge in [-0.1, -0.05) is 33.1 Å². The fourth-order valence-electron chi connectivity index (χ4n) is 1.53. The summed E-state index contributed by atoms with van der Waals surface area (Å²) in [7, 11) is 0. The van der Waals surface area contributed by atoms with Crippen LogP contribution in [0, 0.1) is 5.92 Å². The highest BCUT2D eigenvalue weighted by atomic mass is 79.9. The molecule has 0 spiro atoms. The second kappa shape index (κ2) is 6.16. The van der Waals surface area contributed by atoms with E-state index in [1.165, 1.54) is 25.7 Å². The van der Waals surface area contributed by atoms with Crippen molar-refractivity contribution in [2.45, 2.75) is 46.1 Å². The minimum atomic E-state index is 0.581. The molecule has 0 atom stereocenters. The van der Waals surface area contributed by atoms with E-state index in [0.29, 0.717) is 5.82 Å². The van der Waals surface area contributed by atoms with E-state index in [4.69, 9.17) is 5.73 Å². The highest BCUT2D eigenvalue weighted by molar-refractivity contribution is 9.10. The Morgan fingerprint density at radius 2 is 2.13 bits per heavy atom. The topological polar surface area (TPSA) is 43.8 Å². The molecule has 0 saturated heterocycles. The summed E-state index contributed by atoms with van der Waals surface area (Å²) in [6, 6.07) is 0. The van der Waals surface area contributed by atoms with Crippen LogP contribution in [-0.4, -0.2) is 9.78 Å². The summed E-state index contributed by atoms with van der Waals surface area (Å²) in [4.78, 5) is 0. The van der Waals surface area contributed by atoms with Gasteiger partial charge >= 0.3 is 0 Å². The number of halogens is 1. The van der Waals surface area contributed by atoms with Crippen LogP contribution in [0.1, 0.15) is 39.5 Å². The van der Waals surface area contributed by atoms with Crippen LogP contribution in [0.3, 0.4) is 0 Å². The van der Waals surface area contributed by atoms with E-state index >= 15 is 0 Å². The Labute approximate surface area is 100 Å². The minimum Gasteiger partial charge on any atom is -0.381 e. The van der Waals surface area contributed by atoms with E-state index in [2.05, 4.69) is 34.9 Å². The van der Waals surface area contributed by atoms with Crippen molar-refractivity contribution in [2.24, 2.45) is 5.92 Å². The van der Waals surface area contributed by atoms with Crippen molar-refractivity contribution in [1.29, 1.82) is 0 Å². The maximum atomic E-state index is 5.63. The molecule has 1 rings (SSSR count). The van der Waals surface area contributed by atoms with Gasteiger partial charge in [-0.15, -0.1) is 0 Å². The molecule has 0 amide bonds. The molecule has 1 aromatic heterocycles. The molecule has 0 radical (unpaired) electrons. The van der Waals surface area contributed by atoms with E-state index in [0.717, 1.165) is 16.9 Å². The molecular formula is C11H20BrN3. The Kier molecular flexibility index (Phi) is 5.15. The smallest absolute Gasteiger partial charge is 0.159 e. The molecule has 1 heterocycles. The predicted octanol–water partition coefficient (Wildman–Crippen LogP) is 3.44. The number of aromatic nitrogens is 2. The highest BCUT2D eigenvalue weighted by Gasteiger charge is 2.01. The maximum Gasteiger partial charge on any atom is 0.159 e. The van der Waals surface area contributed by atoms with E-state index < -0.39 is 0 Å². The van der Waals surface area contributed by atoms with Gasteiger partial charge in [-0.25, -0.2) is 0 Å². The first-order valence-electron chi connectivity index (χ1n) is 5.58. The van der Waals surface area contributed by atoms with Gasteiger partial charge in [0.05, 0.1) is 4.47 Å². The van der Waals surface area contributed by atoms with Gasteiger partial charge in [0.2, 0.25) is 0 Å². The molecule has 4 heteroatoms. The van der Waals surface area contributed by atoms with Crippen molar-refractivity contribution < 1.29 is 0 Å². The molecule has 0 aliphatic rings. The van der Waals surface area contributed by atoms with Crippen LogP contribution in [0.5, 0.6) is 0 Å². The van der Waals surface area contributed by atoms with Gasteiger partial charge in [0.15, 0.2) is 5.82 Å². The lowest BCUT2D eigenvalue weighted by Crippen LogP contribution is -1.99. The van der Waals surface area contributed by atoms with E-state index in [1.54, 1.807) is 0 Å². The number of nitrogens with two attached hydrogens (primary N) is 1. The number of hydrogen-bond donors (Lipinski definition) is 1. The minimum absolute atomic E-state index is 0.581. The third-order valence-corrected chi connectivity index (χ3v) is 3.02. The van der Waals surface area contributed by atoms with E-state index in [1.807, 2.05) is 10.9 Å². The van der Waals surface area contributed by atoms with Crippen molar-refractivity contribution in [3.8, 4) is 0 Å². The van der Waals surface area contributed by atoms with Crippen LogP contribution < -0.4 is 5.73 Å². The molecule has 0 aromatic carbocycles. The standard InChI is InChI=1S/C11H20BrN3/c1-9(2)6-4-3-5-7-15-8-10(12)11(13)14-15/h8-9H,3-7H2,1-2H3,(H2,13,14). The lowest BCUT2D eigenvalue weighted by molar-refractivity contribution is 0.493. The fraction of sp³-hybridized carbons (Fsp3) is 0.727. The molecule has 86 valence electrons. The third-order valence-electron chi connectivity index (χ3n) is 2.41. The number of nitrogen functional groups attached to an aromatic ring is 1. The lowest BCUT2D eigenvalue weighted by Gasteiger charge is -2.04. The van der Waals surface area contributed by atoms with Gasteiger partial charge in [-0.2, -0.15) is 5.10 Å². The van der Waals surface area contributed by atoms with Crippen molar-refractivity contribution in [2.75, 3.05) is 5.73 Å². The predicted molar refractivity (Wildman–Crippen MR) is 67.6 cm³/mol. The maximum absolute atomic E-state index is 5.63. The average Bonchev–Trinajstić information content (AvgIpc) is 2.45. The zero-order valence-electron chi connectivity index (χ0n) is 9.54. The normalized spacial score (nSPS) is 11.2. The van der Waals surface area contributed by atoms with E-state index in [9.17, 15) is 0 Å². The largest absolute Gasteiger partial charge is 0.381 e. The van der Waals surface area contributed by atoms with Crippen molar-refractivity contribution in [3.63, 3.8) is 0 Å². The number of unbranched alkanes of at least 4 members (excludes halogenated alkanes) is 2. The number of nitrogens with zero attached hydrogens (tertiary/aromatic N) is 2. The molecule has 0 fully saturated rings. The fourth-order valence-corrected chi connectivity index (χ4v) is 1.85. The van der Waals surface area contributed by atoms with Crippen LogP contribution in [0.4, 0.5) is 5.82 Å². The third kappa shape index (κ3) is 4.69. The van der Waals surface area contributed by atoms with Crippen LogP contribution in [0.25, 0.3) is 0 Å². The molecule has 1 aromatic rings. The summed E-state index contributed by atoms with van der Waals surface area (Å²) in [6.45, 7) is 5.50. The van der Waals surface area contributed by atoms with E-state index in [-0.39, 0.29) is 0 Å². The molecule has 0 aliphatic heterocycles. The highest BCUT2D eigenvalue weighted by Crippen LogP contribution is 2.17. The van der Waals surface area contributed by atoms with Crippen LogP contribution in [0.2, 0.25) is 0 Å². The molecule has 0 unspecified atom stereocenters. The Balaban J connectivity index is 2.15. The molecule has 0 aliphatic carbocycles. The molecule has 3 nitrogen and oxygen atoms in total. The molecule has 0 bridgehead atoms. The summed E-state index contributed by atoms with van der Waals surface area (Å²) in [5.41, 5.74) is 5.63. The van der Waals surface area contributed by atoms with Gasteiger partial charge in [0.1, 0.15) is 0 Å². The van der Waals surface area contributed by atoms with Gasteiger partial charge in [0.25, 0.3) is 0 Å². The molecule has 15 heavy (non-hydrogen) atoms. The second-order valence-corrected chi connectivity index (χ2v) is 5.22. The Bertz CT molecular complexity index is 275. The van der Waals surface area contributed by atoms with Gasteiger partial charge in [-0.3, -0.25) is 4.68 Å². The number of anilines is 1. The second-order valence-electron chi connectivity index (χ2n) is 4.37. The summed E-state index contributed by atoms with van der Waals surface area (Å²) in [5, 5.41) is 4.19. The molecule has 0 saturated carbocycles. The number of hydrogen-bond acceptors (Lipinski definition) is 2. The number of aryl methyl sites for hydroxylation is 1. The average molecular weight is 274 g/mol. The van der Waals surface area contributed by atoms with Gasteiger partial charge < -0.3 is 5.73 Å². The van der Waals surface area contributed by atoms with Crippen LogP contribution in [-0.2, 0) is 6.54 Å². The molecule has 2 N–H and O–H groups in total. The first kappa shape index (κ1) is 12.6. The van der Waals surface area contributed by atoms with Crippen molar-refractivity contribution in [3.05, 3.63) is 10.7 Å². The summed E-state index contributed by atoms with van der Waals surface area (Å²) in [6.07, 6.45) is 7.04. The van der Waals surface area contributed by atoms with Gasteiger partial charge in [-0.05, 0) is 28.3 Å². The zero-order chi connectivity index (χ0) is 11.3. The first-order chi connectivity index (χ1) is 7.09. The first-order valence-corrected chi connectivity index (χ1v) is 6.37. The van der Waals surface area contributed by atoms with Gasteiger partial charge in [0, 0.05) is 12.7 Å². The summed E-state index contributed by atoms with van der Waals surface area (Å²) in [5.74, 6) is 1.40. The summed E-state index contributed by atoms with van der Waals surface area (Å²) >= 11 is 3.35. The Morgan fingerprint density at radius 1 is 1.40 bits per heavy atom. The monoisotopic (exact) mass is 273 g/mol. The zero-order valence-corrected chi connectivity index (χ0v) is 11.1. The van der Waals surface area contributed by atoms with Crippen LogP contribution in [0.15, 0.2) is 10.7 Å². The molecular weight excluding hydrogens is 254 g/mol. The van der Waals surface area contributed by atoms with Crippen molar-refractivity contribution in [1.82, 2.24) is 9.78 Å². The van der Waals surface area contributed by atoms with Crippen LogP contribution >= 0.6 is 15.9 Å². The lowest BCUT2D eigenvalue weighted by atomic mass is 10.1.